The fraction of sp³-hybridized carbons (Fsp3) is 0.478. The second kappa shape index (κ2) is 8.53. The minimum absolute atomic E-state index is 0.0820. The Balaban J connectivity index is 1.07. The van der Waals surface area contributed by atoms with Crippen LogP contribution in [0.2, 0.25) is 0 Å². The van der Waals surface area contributed by atoms with Gasteiger partial charge in [-0.05, 0) is 56.2 Å². The van der Waals surface area contributed by atoms with Gasteiger partial charge in [-0.15, -0.1) is 18.3 Å². The number of nitrogens with zero attached hydrogens (tertiary/aromatic N) is 3. The first kappa shape index (κ1) is 22.6. The summed E-state index contributed by atoms with van der Waals surface area (Å²) in [4.78, 5) is 17.1. The van der Waals surface area contributed by atoms with Gasteiger partial charge in [-0.25, -0.2) is 4.98 Å². The maximum atomic E-state index is 12.6. The number of carbonyl (C=O) groups excluding carboxylic acids is 1. The largest absolute Gasteiger partial charge is 0.522 e. The molecule has 3 aromatic rings. The van der Waals surface area contributed by atoms with Crippen molar-refractivity contribution in [3.05, 3.63) is 47.5 Å². The van der Waals surface area contributed by atoms with Crippen molar-refractivity contribution in [3.63, 3.8) is 0 Å². The highest BCUT2D eigenvalue weighted by Crippen LogP contribution is 2.61. The first-order valence-corrected chi connectivity index (χ1v) is 11.0. The average Bonchev–Trinajstić information content (AvgIpc) is 3.19. The van der Waals surface area contributed by atoms with Crippen molar-refractivity contribution in [3.8, 4) is 6.08 Å². The van der Waals surface area contributed by atoms with Crippen LogP contribution in [0.3, 0.4) is 0 Å². The molecule has 2 heterocycles. The van der Waals surface area contributed by atoms with Crippen LogP contribution in [-0.2, 0) is 4.74 Å². The summed E-state index contributed by atoms with van der Waals surface area (Å²) >= 11 is 0. The van der Waals surface area contributed by atoms with E-state index in [1.807, 2.05) is 31.2 Å². The number of carbonyl (C=O) groups is 1. The molecule has 0 bridgehead atoms. The molecule has 1 amide bonds. The SMILES string of the molecule is Cc1ccc2nc(C(=O)NC3CC4(C3)CC(c3nnc(OCCOC(F)(F)F)o3)C4)ccc2c1. The summed E-state index contributed by atoms with van der Waals surface area (Å²) in [6.07, 6.45) is -1.42. The minimum atomic E-state index is -4.70. The van der Waals surface area contributed by atoms with Crippen LogP contribution < -0.4 is 10.1 Å². The van der Waals surface area contributed by atoms with Crippen molar-refractivity contribution in [2.45, 2.75) is 50.9 Å². The average molecular weight is 476 g/mol. The van der Waals surface area contributed by atoms with Crippen LogP contribution in [-0.4, -0.2) is 46.7 Å². The quantitative estimate of drug-likeness (QED) is 0.508. The zero-order valence-electron chi connectivity index (χ0n) is 18.4. The Hall–Kier alpha value is -3.21. The van der Waals surface area contributed by atoms with Gasteiger partial charge in [0.1, 0.15) is 12.3 Å². The zero-order chi connectivity index (χ0) is 23.9. The molecule has 5 rings (SSSR count). The summed E-state index contributed by atoms with van der Waals surface area (Å²) < 4.78 is 49.9. The summed E-state index contributed by atoms with van der Waals surface area (Å²) in [5.41, 5.74) is 2.49. The highest BCUT2D eigenvalue weighted by Gasteiger charge is 2.55. The number of amides is 1. The van der Waals surface area contributed by atoms with Gasteiger partial charge in [0.2, 0.25) is 5.89 Å². The molecule has 1 N–H and O–H groups in total. The number of benzene rings is 1. The first-order valence-electron chi connectivity index (χ1n) is 11.0. The van der Waals surface area contributed by atoms with Gasteiger partial charge in [-0.1, -0.05) is 22.8 Å². The number of pyridine rings is 1. The van der Waals surface area contributed by atoms with Crippen LogP contribution in [0.25, 0.3) is 10.9 Å². The number of hydrogen-bond donors (Lipinski definition) is 1. The summed E-state index contributed by atoms with van der Waals surface area (Å²) in [7, 11) is 0. The van der Waals surface area contributed by atoms with Gasteiger partial charge >= 0.3 is 12.4 Å². The number of ether oxygens (including phenoxy) is 2. The maximum absolute atomic E-state index is 12.6. The Morgan fingerprint density at radius 3 is 2.71 bits per heavy atom. The molecule has 180 valence electrons. The monoisotopic (exact) mass is 476 g/mol. The molecule has 0 radical (unpaired) electrons. The lowest BCUT2D eigenvalue weighted by molar-refractivity contribution is -0.325. The molecule has 11 heteroatoms. The van der Waals surface area contributed by atoms with Gasteiger partial charge in [-0.2, -0.15) is 0 Å². The molecule has 0 atom stereocenters. The standard InChI is InChI=1S/C23H23F3N4O4/c1-13-2-4-17-14(8-13)3-5-18(28-17)19(31)27-16-11-22(12-16)9-15(10-22)20-29-30-21(34-20)32-6-7-33-23(24,25)26/h2-5,8,15-16H,6-7,9-12H2,1H3,(H,27,31). The molecule has 0 unspecified atom stereocenters. The number of fused-ring (bicyclic) bond motifs is 1. The van der Waals surface area contributed by atoms with E-state index in [2.05, 4.69) is 25.2 Å². The molecular formula is C23H23F3N4O4. The highest BCUT2D eigenvalue weighted by atomic mass is 19.4. The Kier molecular flexibility index (Phi) is 5.67. The highest BCUT2D eigenvalue weighted by molar-refractivity contribution is 5.95. The van der Waals surface area contributed by atoms with Gasteiger partial charge in [0.15, 0.2) is 0 Å². The second-order valence-corrected chi connectivity index (χ2v) is 9.13. The summed E-state index contributed by atoms with van der Waals surface area (Å²) in [6, 6.07) is 9.68. The summed E-state index contributed by atoms with van der Waals surface area (Å²) in [5, 5.41) is 11.7. The number of aromatic nitrogens is 3. The predicted molar refractivity (Wildman–Crippen MR) is 113 cm³/mol. The Morgan fingerprint density at radius 1 is 1.15 bits per heavy atom. The van der Waals surface area contributed by atoms with Gasteiger partial charge in [0, 0.05) is 17.3 Å². The topological polar surface area (TPSA) is 99.4 Å². The van der Waals surface area contributed by atoms with Crippen LogP contribution in [0.5, 0.6) is 6.08 Å². The van der Waals surface area contributed by atoms with Crippen LogP contribution in [0.4, 0.5) is 13.2 Å². The van der Waals surface area contributed by atoms with E-state index in [4.69, 9.17) is 9.15 Å². The van der Waals surface area contributed by atoms with Crippen molar-refractivity contribution in [1.29, 1.82) is 0 Å². The summed E-state index contributed by atoms with van der Waals surface area (Å²) in [5.74, 6) is 0.324. The number of alkyl halides is 3. The molecule has 2 saturated carbocycles. The van der Waals surface area contributed by atoms with Crippen molar-refractivity contribution in [2.75, 3.05) is 13.2 Å². The second-order valence-electron chi connectivity index (χ2n) is 9.13. The number of aryl methyl sites for hydroxylation is 1. The van der Waals surface area contributed by atoms with E-state index >= 15 is 0 Å². The molecule has 8 nitrogen and oxygen atoms in total. The third-order valence-corrected chi connectivity index (χ3v) is 6.48. The van der Waals surface area contributed by atoms with Crippen molar-refractivity contribution < 1.29 is 31.9 Å². The van der Waals surface area contributed by atoms with Crippen molar-refractivity contribution in [2.24, 2.45) is 5.41 Å². The smallest absolute Gasteiger partial charge is 0.447 e. The number of halogens is 3. The molecule has 34 heavy (non-hydrogen) atoms. The Bertz CT molecular complexity index is 1200. The van der Waals surface area contributed by atoms with Crippen LogP contribution in [0.1, 0.15) is 53.5 Å². The van der Waals surface area contributed by atoms with Gasteiger partial charge in [-0.3, -0.25) is 9.53 Å². The molecule has 1 aromatic carbocycles. The first-order chi connectivity index (χ1) is 16.2. The molecule has 2 aliphatic rings. The Labute approximate surface area is 192 Å². The van der Waals surface area contributed by atoms with E-state index in [0.29, 0.717) is 11.6 Å². The van der Waals surface area contributed by atoms with E-state index in [1.165, 1.54) is 0 Å². The molecule has 2 aromatic heterocycles. The molecule has 2 fully saturated rings. The Morgan fingerprint density at radius 2 is 1.94 bits per heavy atom. The third-order valence-electron chi connectivity index (χ3n) is 6.48. The molecule has 0 aliphatic heterocycles. The van der Waals surface area contributed by atoms with Crippen LogP contribution in [0, 0.1) is 12.3 Å². The fourth-order valence-electron chi connectivity index (χ4n) is 4.94. The minimum Gasteiger partial charge on any atom is -0.447 e. The van der Waals surface area contributed by atoms with Crippen LogP contribution in [0.15, 0.2) is 34.7 Å². The fourth-order valence-corrected chi connectivity index (χ4v) is 4.94. The number of rotatable bonds is 7. The van der Waals surface area contributed by atoms with Gasteiger partial charge in [0.25, 0.3) is 5.91 Å². The zero-order valence-corrected chi connectivity index (χ0v) is 18.4. The normalized spacial score (nSPS) is 24.0. The number of nitrogens with one attached hydrogen (secondary N) is 1. The molecular weight excluding hydrogens is 453 g/mol. The molecule has 1 spiro atoms. The van der Waals surface area contributed by atoms with Crippen molar-refractivity contribution >= 4 is 16.8 Å². The predicted octanol–water partition coefficient (Wildman–Crippen LogP) is 4.30. The van der Waals surface area contributed by atoms with E-state index in [1.54, 1.807) is 6.07 Å². The third kappa shape index (κ3) is 4.84. The summed E-state index contributed by atoms with van der Waals surface area (Å²) in [6.45, 7) is 1.01. The molecule has 0 saturated heterocycles. The number of hydrogen-bond acceptors (Lipinski definition) is 7. The van der Waals surface area contributed by atoms with Gasteiger partial charge < -0.3 is 14.5 Å². The van der Waals surface area contributed by atoms with E-state index in [0.717, 1.165) is 42.1 Å². The maximum Gasteiger partial charge on any atom is 0.522 e. The lowest BCUT2D eigenvalue weighted by Crippen LogP contribution is -2.55. The lowest BCUT2D eigenvalue weighted by Gasteiger charge is -2.56. The van der Waals surface area contributed by atoms with E-state index in [-0.39, 0.29) is 36.0 Å². The lowest BCUT2D eigenvalue weighted by atomic mass is 9.50. The van der Waals surface area contributed by atoms with Gasteiger partial charge in [0.05, 0.1) is 12.1 Å². The van der Waals surface area contributed by atoms with Crippen LogP contribution >= 0.6 is 0 Å². The van der Waals surface area contributed by atoms with E-state index < -0.39 is 13.0 Å². The molecule has 2 aliphatic carbocycles. The van der Waals surface area contributed by atoms with Crippen molar-refractivity contribution in [1.82, 2.24) is 20.5 Å². The van der Waals surface area contributed by atoms with E-state index in [9.17, 15) is 18.0 Å².